The molecule has 1 fully saturated rings. The Labute approximate surface area is 120 Å². The van der Waals surface area contributed by atoms with E-state index >= 15 is 0 Å². The quantitative estimate of drug-likeness (QED) is 0.678. The molecule has 1 N–H and O–H groups in total. The summed E-state index contributed by atoms with van der Waals surface area (Å²) in [6.45, 7) is 8.48. The average molecular weight is 277 g/mol. The van der Waals surface area contributed by atoms with E-state index in [4.69, 9.17) is 0 Å². The number of hydrogen-bond acceptors (Lipinski definition) is 4. The topological polar surface area (TPSA) is 58.4 Å². The number of nitrogens with one attached hydrogen (secondary N) is 1. The zero-order chi connectivity index (χ0) is 14.9. The fraction of sp³-hybridized carbons (Fsp3) is 0.600. The summed E-state index contributed by atoms with van der Waals surface area (Å²) in [5.74, 6) is 0.570. The van der Waals surface area contributed by atoms with Crippen molar-refractivity contribution in [2.24, 2.45) is 11.3 Å². The molecule has 5 nitrogen and oxygen atoms in total. The molecule has 1 atom stereocenters. The number of anilines is 2. The van der Waals surface area contributed by atoms with Gasteiger partial charge in [-0.1, -0.05) is 26.8 Å². The van der Waals surface area contributed by atoms with Gasteiger partial charge >= 0.3 is 5.69 Å². The van der Waals surface area contributed by atoms with E-state index < -0.39 is 0 Å². The van der Waals surface area contributed by atoms with Crippen LogP contribution in [0.25, 0.3) is 0 Å². The first-order valence-electron chi connectivity index (χ1n) is 7.04. The zero-order valence-electron chi connectivity index (χ0n) is 12.6. The van der Waals surface area contributed by atoms with Crippen LogP contribution in [0.2, 0.25) is 0 Å². The van der Waals surface area contributed by atoms with Crippen LogP contribution >= 0.6 is 0 Å². The van der Waals surface area contributed by atoms with E-state index in [0.29, 0.717) is 11.6 Å². The average Bonchev–Trinajstić information content (AvgIpc) is 2.86. The van der Waals surface area contributed by atoms with Crippen molar-refractivity contribution >= 4 is 17.1 Å². The van der Waals surface area contributed by atoms with Crippen LogP contribution in [0, 0.1) is 21.4 Å². The number of para-hydroxylation sites is 1. The third kappa shape index (κ3) is 2.71. The van der Waals surface area contributed by atoms with Gasteiger partial charge in [0.05, 0.1) is 4.92 Å². The Bertz CT molecular complexity index is 508. The smallest absolute Gasteiger partial charge is 0.315 e. The van der Waals surface area contributed by atoms with Gasteiger partial charge in [-0.2, -0.15) is 0 Å². The molecule has 2 rings (SSSR count). The highest BCUT2D eigenvalue weighted by molar-refractivity contribution is 5.77. The molecule has 1 aliphatic rings. The Morgan fingerprint density at radius 2 is 2.10 bits per heavy atom. The lowest BCUT2D eigenvalue weighted by atomic mass is 9.80. The summed E-state index contributed by atoms with van der Waals surface area (Å²) in [6, 6.07) is 5.47. The normalized spacial score (nSPS) is 19.2. The predicted molar refractivity (Wildman–Crippen MR) is 82.4 cm³/mol. The van der Waals surface area contributed by atoms with Crippen LogP contribution in [0.1, 0.15) is 27.2 Å². The van der Waals surface area contributed by atoms with Crippen LogP contribution in [0.4, 0.5) is 17.1 Å². The molecule has 0 saturated carbocycles. The van der Waals surface area contributed by atoms with Crippen LogP contribution in [0.15, 0.2) is 18.2 Å². The van der Waals surface area contributed by atoms with Crippen molar-refractivity contribution in [2.75, 3.05) is 30.4 Å². The lowest BCUT2D eigenvalue weighted by Crippen LogP contribution is -2.26. The van der Waals surface area contributed by atoms with Crippen LogP contribution in [-0.4, -0.2) is 25.1 Å². The van der Waals surface area contributed by atoms with Crippen LogP contribution < -0.4 is 10.2 Å². The molecule has 1 aliphatic heterocycles. The van der Waals surface area contributed by atoms with E-state index in [1.807, 2.05) is 12.1 Å². The first-order chi connectivity index (χ1) is 9.34. The molecule has 1 heterocycles. The van der Waals surface area contributed by atoms with Crippen LogP contribution in [0.5, 0.6) is 0 Å². The van der Waals surface area contributed by atoms with Gasteiger partial charge in [-0.05, 0) is 29.9 Å². The van der Waals surface area contributed by atoms with Crippen molar-refractivity contribution in [3.63, 3.8) is 0 Å². The number of hydrogen-bond donors (Lipinski definition) is 1. The summed E-state index contributed by atoms with van der Waals surface area (Å²) < 4.78 is 0. The fourth-order valence-electron chi connectivity index (χ4n) is 2.87. The first kappa shape index (κ1) is 14.6. The van der Waals surface area contributed by atoms with Crippen molar-refractivity contribution in [1.29, 1.82) is 0 Å². The second-order valence-corrected chi connectivity index (χ2v) is 6.48. The van der Waals surface area contributed by atoms with Gasteiger partial charge in [-0.15, -0.1) is 0 Å². The molecule has 1 unspecified atom stereocenters. The van der Waals surface area contributed by atoms with Gasteiger partial charge in [0.15, 0.2) is 0 Å². The first-order valence-corrected chi connectivity index (χ1v) is 7.04. The largest absolute Gasteiger partial charge is 0.382 e. The van der Waals surface area contributed by atoms with Gasteiger partial charge in [0.25, 0.3) is 0 Å². The van der Waals surface area contributed by atoms with E-state index in [1.54, 1.807) is 13.1 Å². The van der Waals surface area contributed by atoms with Crippen LogP contribution in [-0.2, 0) is 0 Å². The molecule has 0 aromatic heterocycles. The highest BCUT2D eigenvalue weighted by atomic mass is 16.6. The van der Waals surface area contributed by atoms with Crippen molar-refractivity contribution in [3.05, 3.63) is 28.3 Å². The standard InChI is InChI=1S/C15H23N3O2/c1-15(2,3)11-8-9-17(10-11)13-7-5-6-12(16-4)14(13)18(19)20/h5-7,11,16H,8-10H2,1-4H3. The van der Waals surface area contributed by atoms with E-state index in [1.165, 1.54) is 0 Å². The molecular weight excluding hydrogens is 254 g/mol. The maximum absolute atomic E-state index is 11.4. The van der Waals surface area contributed by atoms with Crippen molar-refractivity contribution in [1.82, 2.24) is 0 Å². The maximum Gasteiger partial charge on any atom is 0.315 e. The van der Waals surface area contributed by atoms with E-state index in [-0.39, 0.29) is 16.0 Å². The summed E-state index contributed by atoms with van der Waals surface area (Å²) in [5, 5.41) is 14.3. The molecule has 1 aromatic carbocycles. The molecule has 0 radical (unpaired) electrons. The molecule has 110 valence electrons. The molecule has 0 aliphatic carbocycles. The monoisotopic (exact) mass is 277 g/mol. The number of benzene rings is 1. The summed E-state index contributed by atoms with van der Waals surface area (Å²) in [4.78, 5) is 13.2. The SMILES string of the molecule is CNc1cccc(N2CCC(C(C)(C)C)C2)c1[N+](=O)[O-]. The lowest BCUT2D eigenvalue weighted by molar-refractivity contribution is -0.383. The Kier molecular flexibility index (Phi) is 3.88. The Morgan fingerprint density at radius 3 is 2.60 bits per heavy atom. The molecule has 0 bridgehead atoms. The fourth-order valence-corrected chi connectivity index (χ4v) is 2.87. The molecule has 0 spiro atoms. The molecule has 20 heavy (non-hydrogen) atoms. The van der Waals surface area contributed by atoms with Gasteiger partial charge in [0.1, 0.15) is 11.4 Å². The molecule has 1 aromatic rings. The van der Waals surface area contributed by atoms with Gasteiger partial charge < -0.3 is 10.2 Å². The van der Waals surface area contributed by atoms with E-state index in [2.05, 4.69) is 31.0 Å². The number of nitrogens with zero attached hydrogens (tertiary/aromatic N) is 2. The minimum absolute atomic E-state index is 0.185. The zero-order valence-corrected chi connectivity index (χ0v) is 12.6. The summed E-state index contributed by atoms with van der Waals surface area (Å²) >= 11 is 0. The third-order valence-corrected chi connectivity index (χ3v) is 4.22. The molecular formula is C15H23N3O2. The maximum atomic E-state index is 11.4. The molecule has 0 amide bonds. The minimum atomic E-state index is -0.286. The summed E-state index contributed by atoms with van der Waals surface area (Å²) in [5.41, 5.74) is 1.73. The van der Waals surface area contributed by atoms with Gasteiger partial charge in [0, 0.05) is 20.1 Å². The lowest BCUT2D eigenvalue weighted by Gasteiger charge is -2.27. The van der Waals surface area contributed by atoms with Gasteiger partial charge in [-0.25, -0.2) is 0 Å². The number of nitro groups is 1. The number of nitro benzene ring substituents is 1. The second kappa shape index (κ2) is 5.31. The Hall–Kier alpha value is -1.78. The van der Waals surface area contributed by atoms with E-state index in [0.717, 1.165) is 25.2 Å². The molecule has 5 heteroatoms. The van der Waals surface area contributed by atoms with Crippen molar-refractivity contribution in [2.45, 2.75) is 27.2 Å². The van der Waals surface area contributed by atoms with Crippen LogP contribution in [0.3, 0.4) is 0 Å². The predicted octanol–water partition coefficient (Wildman–Crippen LogP) is 3.51. The summed E-state index contributed by atoms with van der Waals surface area (Å²) in [6.07, 6.45) is 1.09. The van der Waals surface area contributed by atoms with E-state index in [9.17, 15) is 10.1 Å². The van der Waals surface area contributed by atoms with Gasteiger partial charge in [-0.3, -0.25) is 10.1 Å². The van der Waals surface area contributed by atoms with Crippen molar-refractivity contribution < 1.29 is 4.92 Å². The Morgan fingerprint density at radius 1 is 1.40 bits per heavy atom. The highest BCUT2D eigenvalue weighted by Gasteiger charge is 2.34. The summed E-state index contributed by atoms with van der Waals surface area (Å²) in [7, 11) is 1.72. The third-order valence-electron chi connectivity index (χ3n) is 4.22. The second-order valence-electron chi connectivity index (χ2n) is 6.48. The minimum Gasteiger partial charge on any atom is -0.382 e. The van der Waals surface area contributed by atoms with Crippen molar-refractivity contribution in [3.8, 4) is 0 Å². The van der Waals surface area contributed by atoms with Gasteiger partial charge in [0.2, 0.25) is 0 Å². The highest BCUT2D eigenvalue weighted by Crippen LogP contribution is 2.41. The molecule has 1 saturated heterocycles. The Balaban J connectivity index is 2.33. The number of rotatable bonds is 3.